The highest BCUT2D eigenvalue weighted by molar-refractivity contribution is 5.75. The Morgan fingerprint density at radius 1 is 1.50 bits per heavy atom. The SMILES string of the molecule is CCOC(=O)C1CC1CNC(C)(C)C. The quantitative estimate of drug-likeness (QED) is 0.698. The number of nitrogens with one attached hydrogen (secondary N) is 1. The van der Waals surface area contributed by atoms with E-state index in [-0.39, 0.29) is 17.4 Å². The van der Waals surface area contributed by atoms with E-state index in [1.54, 1.807) is 0 Å². The standard InChI is InChI=1S/C11H21NO2/c1-5-14-10(13)9-6-8(9)7-12-11(2,3)4/h8-9,12H,5-7H2,1-4H3. The third-order valence-corrected chi connectivity index (χ3v) is 2.41. The maximum Gasteiger partial charge on any atom is 0.309 e. The second-order valence-corrected chi connectivity index (χ2v) is 4.99. The number of rotatable bonds is 4. The first kappa shape index (κ1) is 11.5. The van der Waals surface area contributed by atoms with Gasteiger partial charge in [-0.1, -0.05) is 0 Å². The second kappa shape index (κ2) is 4.30. The van der Waals surface area contributed by atoms with E-state index in [0.29, 0.717) is 12.5 Å². The Morgan fingerprint density at radius 2 is 2.14 bits per heavy atom. The van der Waals surface area contributed by atoms with Gasteiger partial charge in [-0.2, -0.15) is 0 Å². The number of ether oxygens (including phenoxy) is 1. The zero-order chi connectivity index (χ0) is 10.8. The zero-order valence-corrected chi connectivity index (χ0v) is 9.59. The van der Waals surface area contributed by atoms with E-state index >= 15 is 0 Å². The van der Waals surface area contributed by atoms with Gasteiger partial charge in [-0.05, 0) is 46.6 Å². The zero-order valence-electron chi connectivity index (χ0n) is 9.59. The van der Waals surface area contributed by atoms with Crippen molar-refractivity contribution in [1.82, 2.24) is 5.32 Å². The van der Waals surface area contributed by atoms with Crippen LogP contribution in [0.4, 0.5) is 0 Å². The van der Waals surface area contributed by atoms with Crippen molar-refractivity contribution in [2.75, 3.05) is 13.2 Å². The van der Waals surface area contributed by atoms with Gasteiger partial charge in [0.15, 0.2) is 0 Å². The van der Waals surface area contributed by atoms with Gasteiger partial charge < -0.3 is 10.1 Å². The average Bonchev–Trinajstić information content (AvgIpc) is 2.78. The number of hydrogen-bond acceptors (Lipinski definition) is 3. The first-order chi connectivity index (χ1) is 6.44. The van der Waals surface area contributed by atoms with Crippen molar-refractivity contribution in [3.05, 3.63) is 0 Å². The highest BCUT2D eigenvalue weighted by Crippen LogP contribution is 2.39. The lowest BCUT2D eigenvalue weighted by Crippen LogP contribution is -2.37. The molecule has 0 aromatic rings. The molecule has 1 rings (SSSR count). The smallest absolute Gasteiger partial charge is 0.309 e. The topological polar surface area (TPSA) is 38.3 Å². The fraction of sp³-hybridized carbons (Fsp3) is 0.909. The van der Waals surface area contributed by atoms with Gasteiger partial charge in [-0.25, -0.2) is 0 Å². The summed E-state index contributed by atoms with van der Waals surface area (Å²) in [6.45, 7) is 9.67. The number of carbonyl (C=O) groups is 1. The fourth-order valence-electron chi connectivity index (χ4n) is 1.45. The molecule has 0 aromatic heterocycles. The first-order valence-corrected chi connectivity index (χ1v) is 5.35. The van der Waals surface area contributed by atoms with Crippen LogP contribution in [0.1, 0.15) is 34.1 Å². The molecule has 0 amide bonds. The Balaban J connectivity index is 2.17. The third kappa shape index (κ3) is 3.66. The molecule has 1 aliphatic carbocycles. The molecule has 14 heavy (non-hydrogen) atoms. The Hall–Kier alpha value is -0.570. The van der Waals surface area contributed by atoms with Crippen LogP contribution in [-0.4, -0.2) is 24.7 Å². The minimum absolute atomic E-state index is 0.0202. The molecule has 2 atom stereocenters. The van der Waals surface area contributed by atoms with Crippen LogP contribution in [0.3, 0.4) is 0 Å². The van der Waals surface area contributed by atoms with Gasteiger partial charge in [0.25, 0.3) is 0 Å². The summed E-state index contributed by atoms with van der Waals surface area (Å²) in [6, 6.07) is 0. The molecule has 1 aliphatic rings. The molecule has 3 nitrogen and oxygen atoms in total. The van der Waals surface area contributed by atoms with Gasteiger partial charge in [-0.3, -0.25) is 4.79 Å². The molecule has 1 fully saturated rings. The lowest BCUT2D eigenvalue weighted by molar-refractivity contribution is -0.145. The van der Waals surface area contributed by atoms with Gasteiger partial charge in [0.2, 0.25) is 0 Å². The maximum absolute atomic E-state index is 11.3. The van der Waals surface area contributed by atoms with Crippen LogP contribution < -0.4 is 5.32 Å². The Morgan fingerprint density at radius 3 is 2.64 bits per heavy atom. The molecule has 0 saturated heterocycles. The molecule has 82 valence electrons. The Kier molecular flexibility index (Phi) is 3.53. The van der Waals surface area contributed by atoms with E-state index < -0.39 is 0 Å². The van der Waals surface area contributed by atoms with Crippen LogP contribution in [0, 0.1) is 11.8 Å². The van der Waals surface area contributed by atoms with E-state index in [1.807, 2.05) is 6.92 Å². The highest BCUT2D eigenvalue weighted by Gasteiger charge is 2.44. The van der Waals surface area contributed by atoms with Crippen LogP contribution in [0.25, 0.3) is 0 Å². The molecule has 2 unspecified atom stereocenters. The van der Waals surface area contributed by atoms with E-state index in [0.717, 1.165) is 13.0 Å². The summed E-state index contributed by atoms with van der Waals surface area (Å²) in [5, 5.41) is 3.40. The van der Waals surface area contributed by atoms with Crippen LogP contribution in [0.5, 0.6) is 0 Å². The molecular weight excluding hydrogens is 178 g/mol. The summed E-state index contributed by atoms with van der Waals surface area (Å²) in [7, 11) is 0. The van der Waals surface area contributed by atoms with Crippen molar-refractivity contribution >= 4 is 5.97 Å². The number of carbonyl (C=O) groups excluding carboxylic acids is 1. The Bertz CT molecular complexity index is 208. The minimum atomic E-state index is -0.0202. The van der Waals surface area contributed by atoms with Crippen molar-refractivity contribution in [2.24, 2.45) is 11.8 Å². The van der Waals surface area contributed by atoms with Gasteiger partial charge in [-0.15, -0.1) is 0 Å². The first-order valence-electron chi connectivity index (χ1n) is 5.35. The molecule has 3 heteroatoms. The Labute approximate surface area is 86.2 Å². The molecular formula is C11H21NO2. The largest absolute Gasteiger partial charge is 0.466 e. The molecule has 0 bridgehead atoms. The molecule has 1 N–H and O–H groups in total. The molecule has 0 aromatic carbocycles. The van der Waals surface area contributed by atoms with Gasteiger partial charge >= 0.3 is 5.97 Å². The number of hydrogen-bond donors (Lipinski definition) is 1. The highest BCUT2D eigenvalue weighted by atomic mass is 16.5. The van der Waals surface area contributed by atoms with Crippen molar-refractivity contribution in [2.45, 2.75) is 39.7 Å². The molecule has 0 spiro atoms. The van der Waals surface area contributed by atoms with Gasteiger partial charge in [0, 0.05) is 5.54 Å². The van der Waals surface area contributed by atoms with Crippen LogP contribution >= 0.6 is 0 Å². The number of esters is 1. The van der Waals surface area contributed by atoms with E-state index in [1.165, 1.54) is 0 Å². The van der Waals surface area contributed by atoms with Crippen molar-refractivity contribution < 1.29 is 9.53 Å². The summed E-state index contributed by atoms with van der Waals surface area (Å²) >= 11 is 0. The summed E-state index contributed by atoms with van der Waals surface area (Å²) in [5.41, 5.74) is 0.141. The van der Waals surface area contributed by atoms with Crippen molar-refractivity contribution in [1.29, 1.82) is 0 Å². The summed E-state index contributed by atoms with van der Waals surface area (Å²) in [5.74, 6) is 0.631. The third-order valence-electron chi connectivity index (χ3n) is 2.41. The predicted octanol–water partition coefficient (Wildman–Crippen LogP) is 1.57. The average molecular weight is 199 g/mol. The predicted molar refractivity (Wildman–Crippen MR) is 56.0 cm³/mol. The molecule has 0 heterocycles. The normalized spacial score (nSPS) is 26.0. The lowest BCUT2D eigenvalue weighted by Gasteiger charge is -2.20. The minimum Gasteiger partial charge on any atom is -0.466 e. The van der Waals surface area contributed by atoms with E-state index in [4.69, 9.17) is 4.74 Å². The lowest BCUT2D eigenvalue weighted by atomic mass is 10.1. The molecule has 0 radical (unpaired) electrons. The summed E-state index contributed by atoms with van der Waals surface area (Å²) in [6.07, 6.45) is 0.988. The fourth-order valence-corrected chi connectivity index (χ4v) is 1.45. The van der Waals surface area contributed by atoms with Crippen molar-refractivity contribution in [3.8, 4) is 0 Å². The molecule has 0 aliphatic heterocycles. The van der Waals surface area contributed by atoms with Crippen LogP contribution in [0.2, 0.25) is 0 Å². The van der Waals surface area contributed by atoms with Crippen molar-refractivity contribution in [3.63, 3.8) is 0 Å². The maximum atomic E-state index is 11.3. The van der Waals surface area contributed by atoms with Gasteiger partial charge in [0.1, 0.15) is 0 Å². The molecule has 1 saturated carbocycles. The van der Waals surface area contributed by atoms with Crippen LogP contribution in [0.15, 0.2) is 0 Å². The summed E-state index contributed by atoms with van der Waals surface area (Å²) < 4.78 is 4.96. The van der Waals surface area contributed by atoms with Gasteiger partial charge in [0.05, 0.1) is 12.5 Å². The van der Waals surface area contributed by atoms with Crippen LogP contribution in [-0.2, 0) is 9.53 Å². The second-order valence-electron chi connectivity index (χ2n) is 4.99. The monoisotopic (exact) mass is 199 g/mol. The van der Waals surface area contributed by atoms with E-state index in [2.05, 4.69) is 26.1 Å². The van der Waals surface area contributed by atoms with E-state index in [9.17, 15) is 4.79 Å². The summed E-state index contributed by atoms with van der Waals surface area (Å²) in [4.78, 5) is 11.3.